The fourth-order valence-corrected chi connectivity index (χ4v) is 3.81. The van der Waals surface area contributed by atoms with Crippen LogP contribution in [0.15, 0.2) is 30.3 Å². The maximum atomic E-state index is 10.6. The molecule has 0 spiro atoms. The van der Waals surface area contributed by atoms with Crippen LogP contribution in [0, 0.1) is 5.92 Å². The van der Waals surface area contributed by atoms with Gasteiger partial charge in [-0.25, -0.2) is 0 Å². The Morgan fingerprint density at radius 3 is 2.53 bits per heavy atom. The molecule has 3 rings (SSSR count). The van der Waals surface area contributed by atoms with E-state index in [9.17, 15) is 5.11 Å². The number of hydrogen-bond donors (Lipinski definition) is 2. The van der Waals surface area contributed by atoms with Crippen LogP contribution in [-0.4, -0.2) is 23.8 Å². The molecule has 104 valence electrons. The molecule has 0 radical (unpaired) electrons. The van der Waals surface area contributed by atoms with Gasteiger partial charge in [0.25, 0.3) is 0 Å². The topological polar surface area (TPSA) is 32.3 Å². The molecule has 1 heterocycles. The lowest BCUT2D eigenvalue weighted by Crippen LogP contribution is -2.40. The van der Waals surface area contributed by atoms with Crippen LogP contribution in [0.3, 0.4) is 0 Å². The van der Waals surface area contributed by atoms with Crippen LogP contribution < -0.4 is 5.32 Å². The summed E-state index contributed by atoms with van der Waals surface area (Å²) < 4.78 is 0. The predicted octanol–water partition coefficient (Wildman–Crippen LogP) is 3.07. The van der Waals surface area contributed by atoms with E-state index in [4.69, 9.17) is 0 Å². The Hall–Kier alpha value is -0.860. The van der Waals surface area contributed by atoms with Gasteiger partial charge in [-0.2, -0.15) is 0 Å². The molecule has 3 atom stereocenters. The average molecular weight is 259 g/mol. The van der Waals surface area contributed by atoms with Gasteiger partial charge in [0.15, 0.2) is 0 Å². The van der Waals surface area contributed by atoms with Gasteiger partial charge in [-0.1, -0.05) is 49.6 Å². The lowest BCUT2D eigenvalue weighted by atomic mass is 9.81. The second-order valence-corrected chi connectivity index (χ2v) is 6.25. The number of aliphatic hydroxyl groups is 1. The summed E-state index contributed by atoms with van der Waals surface area (Å²) in [6.45, 7) is 1.01. The van der Waals surface area contributed by atoms with E-state index < -0.39 is 0 Å². The Kier molecular flexibility index (Phi) is 4.19. The van der Waals surface area contributed by atoms with Gasteiger partial charge in [0.05, 0.1) is 6.10 Å². The van der Waals surface area contributed by atoms with E-state index in [0.29, 0.717) is 17.9 Å². The molecule has 1 saturated carbocycles. The third kappa shape index (κ3) is 3.01. The van der Waals surface area contributed by atoms with Crippen molar-refractivity contribution in [2.24, 2.45) is 5.92 Å². The smallest absolute Gasteiger partial charge is 0.0721 e. The number of rotatable bonds is 3. The standard InChI is InChI=1S/C17H25NO/c19-17(14-9-5-2-6-10-14)16-11-15(12-18-16)13-7-3-1-4-8-13/h1,3-4,7-8,14-19H,2,5-6,9-12H2. The summed E-state index contributed by atoms with van der Waals surface area (Å²) in [5, 5.41) is 14.1. The lowest BCUT2D eigenvalue weighted by Gasteiger charge is -2.30. The molecule has 2 nitrogen and oxygen atoms in total. The van der Waals surface area contributed by atoms with Crippen LogP contribution in [0.5, 0.6) is 0 Å². The fraction of sp³-hybridized carbons (Fsp3) is 0.647. The zero-order valence-electron chi connectivity index (χ0n) is 11.6. The molecule has 2 N–H and O–H groups in total. The third-order valence-corrected chi connectivity index (χ3v) is 4.98. The highest BCUT2D eigenvalue weighted by Crippen LogP contribution is 2.33. The summed E-state index contributed by atoms with van der Waals surface area (Å²) in [4.78, 5) is 0. The summed E-state index contributed by atoms with van der Waals surface area (Å²) in [7, 11) is 0. The van der Waals surface area contributed by atoms with Crippen molar-refractivity contribution in [2.75, 3.05) is 6.54 Å². The van der Waals surface area contributed by atoms with Crippen LogP contribution in [0.1, 0.15) is 50.0 Å². The molecular weight excluding hydrogens is 234 g/mol. The van der Waals surface area contributed by atoms with Gasteiger partial charge in [0.2, 0.25) is 0 Å². The molecule has 2 aliphatic rings. The second kappa shape index (κ2) is 6.06. The van der Waals surface area contributed by atoms with Gasteiger partial charge >= 0.3 is 0 Å². The van der Waals surface area contributed by atoms with Crippen LogP contribution >= 0.6 is 0 Å². The van der Waals surface area contributed by atoms with Crippen LogP contribution in [-0.2, 0) is 0 Å². The molecule has 1 aliphatic carbocycles. The molecule has 1 aromatic rings. The minimum Gasteiger partial charge on any atom is -0.391 e. The molecule has 19 heavy (non-hydrogen) atoms. The quantitative estimate of drug-likeness (QED) is 0.874. The molecule has 1 aromatic carbocycles. The van der Waals surface area contributed by atoms with Crippen molar-refractivity contribution in [3.05, 3.63) is 35.9 Å². The van der Waals surface area contributed by atoms with Crippen molar-refractivity contribution < 1.29 is 5.11 Å². The maximum Gasteiger partial charge on any atom is 0.0721 e. The highest BCUT2D eigenvalue weighted by Gasteiger charge is 2.34. The van der Waals surface area contributed by atoms with Gasteiger partial charge < -0.3 is 10.4 Å². The van der Waals surface area contributed by atoms with Crippen molar-refractivity contribution in [1.29, 1.82) is 0 Å². The summed E-state index contributed by atoms with van der Waals surface area (Å²) in [5.74, 6) is 1.10. The first-order valence-corrected chi connectivity index (χ1v) is 7.81. The first-order chi connectivity index (χ1) is 9.34. The molecule has 0 amide bonds. The van der Waals surface area contributed by atoms with Crippen molar-refractivity contribution in [3.63, 3.8) is 0 Å². The predicted molar refractivity (Wildman–Crippen MR) is 78.2 cm³/mol. The fourth-order valence-electron chi connectivity index (χ4n) is 3.81. The van der Waals surface area contributed by atoms with E-state index in [2.05, 4.69) is 35.6 Å². The number of hydrogen-bond acceptors (Lipinski definition) is 2. The van der Waals surface area contributed by atoms with E-state index in [1.807, 2.05) is 0 Å². The first-order valence-electron chi connectivity index (χ1n) is 7.81. The normalized spacial score (nSPS) is 30.4. The number of nitrogens with one attached hydrogen (secondary N) is 1. The minimum atomic E-state index is -0.144. The second-order valence-electron chi connectivity index (χ2n) is 6.25. The SMILES string of the molecule is OC(C1CCCCC1)C1CC(c2ccccc2)CN1. The van der Waals surface area contributed by atoms with E-state index in [1.54, 1.807) is 0 Å². The Morgan fingerprint density at radius 2 is 1.79 bits per heavy atom. The van der Waals surface area contributed by atoms with E-state index in [-0.39, 0.29) is 6.10 Å². The van der Waals surface area contributed by atoms with Crippen LogP contribution in [0.25, 0.3) is 0 Å². The monoisotopic (exact) mass is 259 g/mol. The summed E-state index contributed by atoms with van der Waals surface area (Å²) in [6.07, 6.45) is 7.34. The molecule has 2 fully saturated rings. The zero-order valence-corrected chi connectivity index (χ0v) is 11.6. The molecular formula is C17H25NO. The summed E-state index contributed by atoms with van der Waals surface area (Å²) in [5.41, 5.74) is 1.41. The highest BCUT2D eigenvalue weighted by atomic mass is 16.3. The molecule has 1 aliphatic heterocycles. The Labute approximate surface area is 116 Å². The average Bonchev–Trinajstić information content (AvgIpc) is 2.98. The van der Waals surface area contributed by atoms with Gasteiger partial charge in [-0.05, 0) is 36.7 Å². The van der Waals surface area contributed by atoms with Crippen molar-refractivity contribution in [3.8, 4) is 0 Å². The van der Waals surface area contributed by atoms with Gasteiger partial charge in [0.1, 0.15) is 0 Å². The molecule has 3 unspecified atom stereocenters. The Morgan fingerprint density at radius 1 is 1.05 bits per heavy atom. The lowest BCUT2D eigenvalue weighted by molar-refractivity contribution is 0.0557. The molecule has 0 bridgehead atoms. The van der Waals surface area contributed by atoms with Gasteiger partial charge in [0, 0.05) is 12.6 Å². The third-order valence-electron chi connectivity index (χ3n) is 4.98. The van der Waals surface area contributed by atoms with Crippen LogP contribution in [0.2, 0.25) is 0 Å². The summed E-state index contributed by atoms with van der Waals surface area (Å²) in [6, 6.07) is 11.0. The van der Waals surface area contributed by atoms with Gasteiger partial charge in [-0.15, -0.1) is 0 Å². The Balaban J connectivity index is 1.59. The van der Waals surface area contributed by atoms with E-state index in [1.165, 1.54) is 37.7 Å². The molecule has 2 heteroatoms. The number of benzene rings is 1. The van der Waals surface area contributed by atoms with Gasteiger partial charge in [-0.3, -0.25) is 0 Å². The highest BCUT2D eigenvalue weighted by molar-refractivity contribution is 5.21. The van der Waals surface area contributed by atoms with Crippen molar-refractivity contribution >= 4 is 0 Å². The minimum absolute atomic E-state index is 0.144. The largest absolute Gasteiger partial charge is 0.391 e. The summed E-state index contributed by atoms with van der Waals surface area (Å²) >= 11 is 0. The van der Waals surface area contributed by atoms with E-state index in [0.717, 1.165) is 13.0 Å². The molecule has 0 aromatic heterocycles. The number of aliphatic hydroxyl groups excluding tert-OH is 1. The van der Waals surface area contributed by atoms with E-state index >= 15 is 0 Å². The maximum absolute atomic E-state index is 10.6. The first kappa shape index (κ1) is 13.1. The van der Waals surface area contributed by atoms with Crippen LogP contribution in [0.4, 0.5) is 0 Å². The Bertz CT molecular complexity index is 386. The zero-order chi connectivity index (χ0) is 13.1. The molecule has 1 saturated heterocycles. The van der Waals surface area contributed by atoms with Crippen molar-refractivity contribution in [2.45, 2.75) is 56.6 Å². The van der Waals surface area contributed by atoms with Crippen molar-refractivity contribution in [1.82, 2.24) is 5.32 Å².